The average Bonchev–Trinajstić information content (AvgIpc) is 2.52. The Balaban J connectivity index is 2.18. The van der Waals surface area contributed by atoms with E-state index in [-0.39, 0.29) is 6.04 Å². The van der Waals surface area contributed by atoms with Gasteiger partial charge in [0.05, 0.1) is 12.6 Å². The van der Waals surface area contributed by atoms with Gasteiger partial charge in [0.25, 0.3) is 0 Å². The van der Waals surface area contributed by atoms with Gasteiger partial charge in [-0.3, -0.25) is 0 Å². The van der Waals surface area contributed by atoms with Crippen LogP contribution in [0.3, 0.4) is 0 Å². The van der Waals surface area contributed by atoms with Gasteiger partial charge in [0.1, 0.15) is 5.75 Å². The van der Waals surface area contributed by atoms with Crippen LogP contribution >= 0.6 is 11.8 Å². The van der Waals surface area contributed by atoms with Crippen LogP contribution in [0.2, 0.25) is 0 Å². The minimum absolute atomic E-state index is 0.0983. The molecule has 2 nitrogen and oxygen atoms in total. The van der Waals surface area contributed by atoms with E-state index in [2.05, 4.69) is 25.3 Å². The quantitative estimate of drug-likeness (QED) is 0.807. The predicted molar refractivity (Wildman–Crippen MR) is 86.5 cm³/mol. The Morgan fingerprint density at radius 3 is 2.45 bits per heavy atom. The summed E-state index contributed by atoms with van der Waals surface area (Å²) in [5, 5.41) is 0. The lowest BCUT2D eigenvalue weighted by Gasteiger charge is -2.16. The minimum Gasteiger partial charge on any atom is -0.494 e. The van der Waals surface area contributed by atoms with Crippen LogP contribution in [-0.2, 0) is 0 Å². The lowest BCUT2D eigenvalue weighted by atomic mass is 9.99. The van der Waals surface area contributed by atoms with Gasteiger partial charge in [-0.25, -0.2) is 0 Å². The molecule has 106 valence electrons. The summed E-state index contributed by atoms with van der Waals surface area (Å²) >= 11 is 1.73. The van der Waals surface area contributed by atoms with Crippen molar-refractivity contribution in [1.29, 1.82) is 0 Å². The molecule has 20 heavy (non-hydrogen) atoms. The molecule has 0 radical (unpaired) electrons. The summed E-state index contributed by atoms with van der Waals surface area (Å²) in [6, 6.07) is 16.3. The van der Waals surface area contributed by atoms with Gasteiger partial charge in [-0.05, 0) is 42.0 Å². The zero-order valence-corrected chi connectivity index (χ0v) is 12.8. The number of benzene rings is 2. The first-order valence-corrected chi connectivity index (χ1v) is 8.10. The molecule has 0 aliphatic rings. The van der Waals surface area contributed by atoms with E-state index in [4.69, 9.17) is 10.5 Å². The van der Waals surface area contributed by atoms with Crippen LogP contribution < -0.4 is 10.5 Å². The van der Waals surface area contributed by atoms with Crippen LogP contribution in [0.1, 0.15) is 30.5 Å². The van der Waals surface area contributed by atoms with Crippen LogP contribution in [0, 0.1) is 0 Å². The third kappa shape index (κ3) is 3.56. The van der Waals surface area contributed by atoms with Crippen molar-refractivity contribution in [3.63, 3.8) is 0 Å². The standard InChI is InChI=1S/C17H21NOS/c1-3-12-19-14-10-8-13(9-11-14)17(18)15-6-4-5-7-16(15)20-2/h4-11,17H,3,12,18H2,1-2H3. The summed E-state index contributed by atoms with van der Waals surface area (Å²) in [7, 11) is 0. The summed E-state index contributed by atoms with van der Waals surface area (Å²) in [6.07, 6.45) is 3.09. The Morgan fingerprint density at radius 1 is 1.10 bits per heavy atom. The van der Waals surface area contributed by atoms with E-state index in [9.17, 15) is 0 Å². The molecule has 2 aromatic carbocycles. The van der Waals surface area contributed by atoms with Crippen LogP contribution in [0.15, 0.2) is 53.4 Å². The molecule has 2 N–H and O–H groups in total. The molecule has 1 unspecified atom stereocenters. The smallest absolute Gasteiger partial charge is 0.119 e. The molecule has 0 heterocycles. The molecule has 3 heteroatoms. The van der Waals surface area contributed by atoms with Crippen molar-refractivity contribution < 1.29 is 4.74 Å². The molecule has 0 amide bonds. The highest BCUT2D eigenvalue weighted by Gasteiger charge is 2.12. The highest BCUT2D eigenvalue weighted by Crippen LogP contribution is 2.29. The number of ether oxygens (including phenoxy) is 1. The fourth-order valence-electron chi connectivity index (χ4n) is 2.09. The van der Waals surface area contributed by atoms with Crippen molar-refractivity contribution in [3.8, 4) is 5.75 Å². The third-order valence-corrected chi connectivity index (χ3v) is 4.00. The first-order valence-electron chi connectivity index (χ1n) is 6.87. The maximum atomic E-state index is 6.39. The number of hydrogen-bond acceptors (Lipinski definition) is 3. The molecule has 0 saturated carbocycles. The fourth-order valence-corrected chi connectivity index (χ4v) is 2.74. The Morgan fingerprint density at radius 2 is 1.80 bits per heavy atom. The molecule has 0 fully saturated rings. The Bertz CT molecular complexity index is 539. The SMILES string of the molecule is CCCOc1ccc(C(N)c2ccccc2SC)cc1. The molecule has 0 aliphatic carbocycles. The van der Waals surface area contributed by atoms with Crippen molar-refractivity contribution in [1.82, 2.24) is 0 Å². The zero-order chi connectivity index (χ0) is 14.4. The van der Waals surface area contributed by atoms with Crippen LogP contribution in [0.4, 0.5) is 0 Å². The first kappa shape index (κ1) is 14.9. The Kier molecular flexibility index (Phi) is 5.50. The summed E-state index contributed by atoms with van der Waals surface area (Å²) in [4.78, 5) is 1.23. The number of thioether (sulfide) groups is 1. The highest BCUT2D eigenvalue weighted by molar-refractivity contribution is 7.98. The van der Waals surface area contributed by atoms with E-state index in [1.807, 2.05) is 36.4 Å². The van der Waals surface area contributed by atoms with Gasteiger partial charge in [-0.2, -0.15) is 0 Å². The van der Waals surface area contributed by atoms with E-state index < -0.39 is 0 Å². The molecule has 0 aromatic heterocycles. The summed E-state index contributed by atoms with van der Waals surface area (Å²) < 4.78 is 5.60. The van der Waals surface area contributed by atoms with Gasteiger partial charge in [-0.15, -0.1) is 11.8 Å². The van der Waals surface area contributed by atoms with E-state index in [0.29, 0.717) is 0 Å². The van der Waals surface area contributed by atoms with Gasteiger partial charge >= 0.3 is 0 Å². The van der Waals surface area contributed by atoms with Crippen LogP contribution in [-0.4, -0.2) is 12.9 Å². The van der Waals surface area contributed by atoms with E-state index in [0.717, 1.165) is 24.3 Å². The van der Waals surface area contributed by atoms with Crippen molar-refractivity contribution in [2.45, 2.75) is 24.3 Å². The predicted octanol–water partition coefficient (Wildman–Crippen LogP) is 4.25. The normalized spacial score (nSPS) is 12.2. The molecule has 1 atom stereocenters. The van der Waals surface area contributed by atoms with Crippen molar-refractivity contribution in [2.24, 2.45) is 5.73 Å². The van der Waals surface area contributed by atoms with Gasteiger partial charge in [0.2, 0.25) is 0 Å². The second-order valence-corrected chi connectivity index (χ2v) is 5.49. The van der Waals surface area contributed by atoms with E-state index in [1.165, 1.54) is 10.5 Å². The highest BCUT2D eigenvalue weighted by atomic mass is 32.2. The molecule has 0 saturated heterocycles. The van der Waals surface area contributed by atoms with E-state index >= 15 is 0 Å². The second kappa shape index (κ2) is 7.36. The summed E-state index contributed by atoms with van der Waals surface area (Å²) in [5.74, 6) is 0.904. The Hall–Kier alpha value is -1.45. The molecular weight excluding hydrogens is 266 g/mol. The third-order valence-electron chi connectivity index (χ3n) is 3.19. The summed E-state index contributed by atoms with van der Waals surface area (Å²) in [6.45, 7) is 2.85. The lowest BCUT2D eigenvalue weighted by Crippen LogP contribution is -2.12. The maximum absolute atomic E-state index is 6.39. The fraction of sp³-hybridized carbons (Fsp3) is 0.294. The molecular formula is C17H21NOS. The van der Waals surface area contributed by atoms with Gasteiger partial charge in [-0.1, -0.05) is 37.3 Å². The molecule has 0 spiro atoms. The second-order valence-electron chi connectivity index (χ2n) is 4.64. The maximum Gasteiger partial charge on any atom is 0.119 e. The van der Waals surface area contributed by atoms with Gasteiger partial charge in [0, 0.05) is 4.90 Å². The molecule has 2 rings (SSSR count). The van der Waals surface area contributed by atoms with Crippen molar-refractivity contribution in [2.75, 3.05) is 12.9 Å². The Labute approximate surface area is 125 Å². The van der Waals surface area contributed by atoms with Crippen LogP contribution in [0.5, 0.6) is 5.75 Å². The lowest BCUT2D eigenvalue weighted by molar-refractivity contribution is 0.317. The number of rotatable bonds is 6. The molecule has 0 aliphatic heterocycles. The van der Waals surface area contributed by atoms with Crippen LogP contribution in [0.25, 0.3) is 0 Å². The zero-order valence-electron chi connectivity index (χ0n) is 12.0. The number of nitrogens with two attached hydrogens (primary N) is 1. The molecule has 0 bridgehead atoms. The molecule has 2 aromatic rings. The summed E-state index contributed by atoms with van der Waals surface area (Å²) in [5.41, 5.74) is 8.66. The van der Waals surface area contributed by atoms with E-state index in [1.54, 1.807) is 11.8 Å². The topological polar surface area (TPSA) is 35.2 Å². The number of hydrogen-bond donors (Lipinski definition) is 1. The average molecular weight is 287 g/mol. The van der Waals surface area contributed by atoms with Gasteiger partial charge in [0.15, 0.2) is 0 Å². The minimum atomic E-state index is -0.0983. The monoisotopic (exact) mass is 287 g/mol. The van der Waals surface area contributed by atoms with Gasteiger partial charge < -0.3 is 10.5 Å². The first-order chi connectivity index (χ1) is 9.76. The van der Waals surface area contributed by atoms with Crippen molar-refractivity contribution in [3.05, 3.63) is 59.7 Å². The van der Waals surface area contributed by atoms with Crippen molar-refractivity contribution >= 4 is 11.8 Å². The largest absolute Gasteiger partial charge is 0.494 e.